The monoisotopic (exact) mass is 485 g/mol. The van der Waals surface area contributed by atoms with Crippen LogP contribution in [0.15, 0.2) is 53.4 Å². The first-order valence-electron chi connectivity index (χ1n) is 10.2. The number of hydrogen-bond donors (Lipinski definition) is 1. The molecule has 0 saturated carbocycles. The summed E-state index contributed by atoms with van der Waals surface area (Å²) in [7, 11) is 0. The highest BCUT2D eigenvalue weighted by atomic mass is 35.5. The number of anilines is 1. The Morgan fingerprint density at radius 2 is 1.78 bits per heavy atom. The van der Waals surface area contributed by atoms with E-state index in [9.17, 15) is 14.4 Å². The van der Waals surface area contributed by atoms with Gasteiger partial charge in [-0.1, -0.05) is 61.3 Å². The maximum atomic E-state index is 13.3. The van der Waals surface area contributed by atoms with Gasteiger partial charge < -0.3 is 4.90 Å². The third-order valence-corrected chi connectivity index (χ3v) is 6.85. The van der Waals surface area contributed by atoms with Gasteiger partial charge in [-0.25, -0.2) is 0 Å². The summed E-state index contributed by atoms with van der Waals surface area (Å²) in [5.74, 6) is -1.23. The molecule has 1 fully saturated rings. The second-order valence-electron chi connectivity index (χ2n) is 7.34. The number of carbonyl (C=O) groups is 3. The largest absolute Gasteiger partial charge is 0.308 e. The lowest BCUT2D eigenvalue weighted by atomic mass is 10.1. The molecule has 0 radical (unpaired) electrons. The fourth-order valence-electron chi connectivity index (χ4n) is 3.62. The molecule has 3 amide bonds. The predicted molar refractivity (Wildman–Crippen MR) is 131 cm³/mol. The van der Waals surface area contributed by atoms with Gasteiger partial charge in [-0.05, 0) is 49.0 Å². The Hall–Kier alpha value is -2.68. The van der Waals surface area contributed by atoms with Gasteiger partial charge in [0.15, 0.2) is 4.32 Å². The molecule has 2 aromatic carbocycles. The molecule has 6 nitrogen and oxygen atoms in total. The molecule has 0 atom stereocenters. The standard InChI is InChI=1S/C23H20ClN3O3S2/c1-2-3-6-13-26-17-8-5-4-7-16(17)18(21(26)29)19-22(30)27(23(31)32-19)25-20(28)14-9-11-15(24)12-10-14/h4-5,7-12H,2-3,6,13H2,1H3,(H,25,28)/b19-18-. The Morgan fingerprint density at radius 3 is 2.50 bits per heavy atom. The molecule has 32 heavy (non-hydrogen) atoms. The lowest BCUT2D eigenvalue weighted by molar-refractivity contribution is -0.124. The number of rotatable bonds is 6. The number of fused-ring (bicyclic) bond motifs is 1. The first-order valence-corrected chi connectivity index (χ1v) is 11.8. The van der Waals surface area contributed by atoms with Gasteiger partial charge in [-0.2, -0.15) is 5.01 Å². The van der Waals surface area contributed by atoms with E-state index in [1.54, 1.807) is 29.2 Å². The number of hydrogen-bond acceptors (Lipinski definition) is 5. The van der Waals surface area contributed by atoms with Crippen molar-refractivity contribution in [2.45, 2.75) is 26.2 Å². The van der Waals surface area contributed by atoms with Gasteiger partial charge in [0, 0.05) is 22.7 Å². The van der Waals surface area contributed by atoms with Crippen LogP contribution in [0.5, 0.6) is 0 Å². The Labute approximate surface area is 200 Å². The van der Waals surface area contributed by atoms with E-state index in [0.29, 0.717) is 28.3 Å². The highest BCUT2D eigenvalue weighted by Gasteiger charge is 2.42. The molecular formula is C23H20ClN3O3S2. The van der Waals surface area contributed by atoms with E-state index in [2.05, 4.69) is 12.3 Å². The van der Waals surface area contributed by atoms with Gasteiger partial charge in [0.05, 0.1) is 16.2 Å². The Bertz CT molecular complexity index is 1150. The van der Waals surface area contributed by atoms with Gasteiger partial charge in [-0.15, -0.1) is 0 Å². The van der Waals surface area contributed by atoms with E-state index < -0.39 is 11.8 Å². The van der Waals surface area contributed by atoms with Crippen LogP contribution in [0.4, 0.5) is 5.69 Å². The van der Waals surface area contributed by atoms with Crippen molar-refractivity contribution in [2.75, 3.05) is 11.4 Å². The Kier molecular flexibility index (Phi) is 6.64. The summed E-state index contributed by atoms with van der Waals surface area (Å²) in [6.45, 7) is 2.69. The zero-order valence-electron chi connectivity index (χ0n) is 17.3. The van der Waals surface area contributed by atoms with E-state index in [1.165, 1.54) is 0 Å². The number of nitrogens with zero attached hydrogens (tertiary/aromatic N) is 2. The first-order chi connectivity index (χ1) is 15.4. The number of thiocarbonyl (C=S) groups is 1. The maximum Gasteiger partial charge on any atom is 0.286 e. The van der Waals surface area contributed by atoms with E-state index >= 15 is 0 Å². The number of amides is 3. The number of halogens is 1. The number of hydrazine groups is 1. The highest BCUT2D eigenvalue weighted by Crippen LogP contribution is 2.44. The molecule has 0 unspecified atom stereocenters. The summed E-state index contributed by atoms with van der Waals surface area (Å²) in [6.07, 6.45) is 2.94. The maximum absolute atomic E-state index is 13.3. The fraction of sp³-hybridized carbons (Fsp3) is 0.217. The topological polar surface area (TPSA) is 69.7 Å². The molecule has 0 bridgehead atoms. The van der Waals surface area contributed by atoms with Crippen LogP contribution in [0.2, 0.25) is 5.02 Å². The van der Waals surface area contributed by atoms with Crippen molar-refractivity contribution < 1.29 is 14.4 Å². The zero-order valence-corrected chi connectivity index (χ0v) is 19.6. The van der Waals surface area contributed by atoms with Crippen LogP contribution in [-0.2, 0) is 9.59 Å². The van der Waals surface area contributed by atoms with Gasteiger partial charge in [0.25, 0.3) is 17.7 Å². The smallest absolute Gasteiger partial charge is 0.286 e. The van der Waals surface area contributed by atoms with Crippen molar-refractivity contribution in [3.63, 3.8) is 0 Å². The number of benzene rings is 2. The fourth-order valence-corrected chi connectivity index (χ4v) is 5.00. The average molecular weight is 486 g/mol. The minimum absolute atomic E-state index is 0.162. The van der Waals surface area contributed by atoms with E-state index in [-0.39, 0.29) is 15.1 Å². The summed E-state index contributed by atoms with van der Waals surface area (Å²) in [5.41, 5.74) is 4.70. The van der Waals surface area contributed by atoms with Crippen LogP contribution < -0.4 is 10.3 Å². The van der Waals surface area contributed by atoms with Crippen LogP contribution in [0.1, 0.15) is 42.1 Å². The molecule has 2 aliphatic rings. The normalized spacial score (nSPS) is 17.9. The molecule has 2 heterocycles. The van der Waals surface area contributed by atoms with Crippen molar-refractivity contribution in [3.05, 3.63) is 69.6 Å². The lowest BCUT2D eigenvalue weighted by Gasteiger charge is -2.17. The quantitative estimate of drug-likeness (QED) is 0.362. The first kappa shape index (κ1) is 22.5. The molecular weight excluding hydrogens is 466 g/mol. The van der Waals surface area contributed by atoms with Gasteiger partial charge in [0.1, 0.15) is 0 Å². The summed E-state index contributed by atoms with van der Waals surface area (Å²) in [5, 5.41) is 1.52. The SMILES string of the molecule is CCCCCN1C(=O)/C(=C2\SC(=S)N(NC(=O)c3ccc(Cl)cc3)C2=O)c2ccccc21. The number of thioether (sulfide) groups is 1. The van der Waals surface area contributed by atoms with E-state index in [4.69, 9.17) is 23.8 Å². The summed E-state index contributed by atoms with van der Waals surface area (Å²) in [6, 6.07) is 13.7. The molecule has 0 aromatic heterocycles. The summed E-state index contributed by atoms with van der Waals surface area (Å²) in [4.78, 5) is 41.0. The number of nitrogens with one attached hydrogen (secondary N) is 1. The van der Waals surface area contributed by atoms with Gasteiger partial charge >= 0.3 is 0 Å². The van der Waals surface area contributed by atoms with Crippen LogP contribution in [0.25, 0.3) is 5.57 Å². The summed E-state index contributed by atoms with van der Waals surface area (Å²) >= 11 is 12.2. The van der Waals surface area contributed by atoms with Crippen molar-refractivity contribution >= 4 is 68.9 Å². The van der Waals surface area contributed by atoms with Crippen molar-refractivity contribution in [3.8, 4) is 0 Å². The van der Waals surface area contributed by atoms with Crippen molar-refractivity contribution in [1.29, 1.82) is 0 Å². The molecule has 2 aromatic rings. The molecule has 1 N–H and O–H groups in total. The van der Waals surface area contributed by atoms with Gasteiger partial charge in [0.2, 0.25) is 0 Å². The minimum Gasteiger partial charge on any atom is -0.308 e. The van der Waals surface area contributed by atoms with Crippen LogP contribution in [0.3, 0.4) is 0 Å². The number of carbonyl (C=O) groups excluding carboxylic acids is 3. The van der Waals surface area contributed by atoms with Crippen LogP contribution in [0, 0.1) is 0 Å². The molecule has 1 saturated heterocycles. The highest BCUT2D eigenvalue weighted by molar-refractivity contribution is 8.26. The van der Waals surface area contributed by atoms with Crippen molar-refractivity contribution in [2.24, 2.45) is 0 Å². The van der Waals surface area contributed by atoms with E-state index in [1.807, 2.05) is 24.3 Å². The average Bonchev–Trinajstić information content (AvgIpc) is 3.22. The molecule has 0 aliphatic carbocycles. The van der Waals surface area contributed by atoms with Crippen LogP contribution in [-0.4, -0.2) is 33.6 Å². The summed E-state index contributed by atoms with van der Waals surface area (Å²) < 4.78 is 0.162. The molecule has 9 heteroatoms. The van der Waals surface area contributed by atoms with Crippen LogP contribution >= 0.6 is 35.6 Å². The lowest BCUT2D eigenvalue weighted by Crippen LogP contribution is -2.45. The molecule has 164 valence electrons. The number of unbranched alkanes of at least 4 members (excludes halogenated alkanes) is 2. The Balaban J connectivity index is 1.63. The second kappa shape index (κ2) is 9.44. The molecule has 2 aliphatic heterocycles. The number of para-hydroxylation sites is 1. The molecule has 0 spiro atoms. The van der Waals surface area contributed by atoms with Gasteiger partial charge in [-0.3, -0.25) is 19.8 Å². The molecule has 4 rings (SSSR count). The Morgan fingerprint density at radius 1 is 1.06 bits per heavy atom. The van der Waals surface area contributed by atoms with Crippen molar-refractivity contribution in [1.82, 2.24) is 10.4 Å². The third kappa shape index (κ3) is 4.18. The minimum atomic E-state index is -0.518. The predicted octanol–water partition coefficient (Wildman–Crippen LogP) is 4.79. The zero-order chi connectivity index (χ0) is 22.8. The second-order valence-corrected chi connectivity index (χ2v) is 9.42. The van der Waals surface area contributed by atoms with E-state index in [0.717, 1.165) is 41.7 Å². The third-order valence-electron chi connectivity index (χ3n) is 5.22.